The Morgan fingerprint density at radius 3 is 3.00 bits per heavy atom. The second-order valence-corrected chi connectivity index (χ2v) is 8.20. The highest BCUT2D eigenvalue weighted by atomic mass is 16.3. The number of aromatic amines is 1. The number of nitrogens with one attached hydrogen (secondary N) is 2. The Balaban J connectivity index is 1.37. The van der Waals surface area contributed by atoms with Crippen molar-refractivity contribution in [3.8, 4) is 0 Å². The average Bonchev–Trinajstić information content (AvgIpc) is 3.44. The lowest BCUT2D eigenvalue weighted by Gasteiger charge is -2.29. The highest BCUT2D eigenvalue weighted by molar-refractivity contribution is 5.75. The Bertz CT molecular complexity index is 1320. The van der Waals surface area contributed by atoms with Gasteiger partial charge in [0.05, 0.1) is 22.8 Å². The van der Waals surface area contributed by atoms with Crippen molar-refractivity contribution in [1.82, 2.24) is 25.3 Å². The fourth-order valence-corrected chi connectivity index (χ4v) is 4.67. The smallest absolute Gasteiger partial charge is 0.181 e. The van der Waals surface area contributed by atoms with Gasteiger partial charge in [-0.25, -0.2) is 9.97 Å². The third-order valence-corrected chi connectivity index (χ3v) is 6.19. The number of benzene rings is 2. The summed E-state index contributed by atoms with van der Waals surface area (Å²) >= 11 is 0. The molecule has 0 saturated carbocycles. The van der Waals surface area contributed by atoms with E-state index in [9.17, 15) is 0 Å². The summed E-state index contributed by atoms with van der Waals surface area (Å²) in [7, 11) is 0. The van der Waals surface area contributed by atoms with Crippen LogP contribution in [-0.4, -0.2) is 19.9 Å². The van der Waals surface area contributed by atoms with E-state index in [0.717, 1.165) is 53.6 Å². The first-order valence-electron chi connectivity index (χ1n) is 10.8. The fourth-order valence-electron chi connectivity index (χ4n) is 4.67. The molecule has 0 saturated heterocycles. The molecule has 0 radical (unpaired) electrons. The minimum atomic E-state index is 0.0691. The normalized spacial score (nSPS) is 17.1. The number of aromatic nitrogens is 4. The lowest BCUT2D eigenvalue weighted by molar-refractivity contribution is 0.387. The van der Waals surface area contributed by atoms with Crippen molar-refractivity contribution in [2.75, 3.05) is 0 Å². The van der Waals surface area contributed by atoms with Gasteiger partial charge in [0.25, 0.3) is 0 Å². The number of fused-ring (bicyclic) bond motifs is 3. The molecule has 3 aromatic heterocycles. The van der Waals surface area contributed by atoms with Crippen LogP contribution in [0.2, 0.25) is 0 Å². The topological polar surface area (TPSA) is 79.6 Å². The van der Waals surface area contributed by atoms with Gasteiger partial charge in [-0.3, -0.25) is 4.98 Å². The monoisotopic (exact) mass is 409 g/mol. The number of hydrogen-bond acceptors (Lipinski definition) is 5. The van der Waals surface area contributed by atoms with E-state index >= 15 is 0 Å². The summed E-state index contributed by atoms with van der Waals surface area (Å²) in [5.74, 6) is 0.969. The van der Waals surface area contributed by atoms with Crippen molar-refractivity contribution in [3.63, 3.8) is 0 Å². The standard InChI is InChI=1S/C25H23N5O/c1-2-8-19-18(7-1)29-24(30-19)14-21(17-10-11-23-22(13-17)27-15-31-23)28-20-9-3-5-16-6-4-12-26-25(16)20/h1-2,4,6-8,10-13,15,20-21,28H,3,5,9,14H2,(H,29,30). The number of aryl methyl sites for hydroxylation is 1. The minimum absolute atomic E-state index is 0.0691. The Kier molecular flexibility index (Phi) is 4.50. The first kappa shape index (κ1) is 18.3. The molecule has 1 aliphatic rings. The Hall–Kier alpha value is -3.51. The number of pyridine rings is 1. The number of nitrogens with zero attached hydrogens (tertiary/aromatic N) is 3. The molecule has 2 unspecified atom stereocenters. The third-order valence-electron chi connectivity index (χ3n) is 6.19. The highest BCUT2D eigenvalue weighted by Crippen LogP contribution is 2.32. The molecule has 2 N–H and O–H groups in total. The van der Waals surface area contributed by atoms with Crippen molar-refractivity contribution < 1.29 is 4.42 Å². The predicted octanol–water partition coefficient (Wildman–Crippen LogP) is 5.05. The zero-order valence-corrected chi connectivity index (χ0v) is 17.1. The van der Waals surface area contributed by atoms with E-state index in [1.165, 1.54) is 23.2 Å². The van der Waals surface area contributed by atoms with Crippen LogP contribution in [0.3, 0.4) is 0 Å². The molecule has 0 bridgehead atoms. The van der Waals surface area contributed by atoms with Crippen LogP contribution in [0.5, 0.6) is 0 Å². The second-order valence-electron chi connectivity index (χ2n) is 8.20. The number of rotatable bonds is 5. The largest absolute Gasteiger partial charge is 0.443 e. The van der Waals surface area contributed by atoms with Crippen molar-refractivity contribution in [2.45, 2.75) is 37.8 Å². The first-order valence-corrected chi connectivity index (χ1v) is 10.8. The van der Waals surface area contributed by atoms with E-state index in [2.05, 4.69) is 39.6 Å². The highest BCUT2D eigenvalue weighted by Gasteiger charge is 2.26. The van der Waals surface area contributed by atoms with Gasteiger partial charge >= 0.3 is 0 Å². The molecule has 3 heterocycles. The van der Waals surface area contributed by atoms with Gasteiger partial charge in [-0.15, -0.1) is 0 Å². The molecule has 1 aliphatic carbocycles. The molecular formula is C25H23N5O. The van der Waals surface area contributed by atoms with E-state index in [1.54, 1.807) is 0 Å². The van der Waals surface area contributed by atoms with E-state index < -0.39 is 0 Å². The van der Waals surface area contributed by atoms with Gasteiger partial charge < -0.3 is 14.7 Å². The van der Waals surface area contributed by atoms with Gasteiger partial charge in [0.1, 0.15) is 11.3 Å². The molecule has 0 fully saturated rings. The molecule has 154 valence electrons. The molecule has 6 rings (SSSR count). The lowest BCUT2D eigenvalue weighted by atomic mass is 9.90. The molecule has 0 spiro atoms. The molecule has 6 heteroatoms. The Labute approximate surface area is 179 Å². The Morgan fingerprint density at radius 1 is 1.06 bits per heavy atom. The van der Waals surface area contributed by atoms with Crippen LogP contribution in [0.25, 0.3) is 22.1 Å². The van der Waals surface area contributed by atoms with Crippen LogP contribution in [-0.2, 0) is 12.8 Å². The summed E-state index contributed by atoms with van der Waals surface area (Å²) in [6, 6.07) is 18.9. The molecule has 2 atom stereocenters. The first-order chi connectivity index (χ1) is 15.3. The van der Waals surface area contributed by atoms with Crippen molar-refractivity contribution in [3.05, 3.63) is 89.8 Å². The number of imidazole rings is 1. The maximum Gasteiger partial charge on any atom is 0.181 e. The quantitative estimate of drug-likeness (QED) is 0.425. The summed E-state index contributed by atoms with van der Waals surface area (Å²) in [6.07, 6.45) is 7.48. The zero-order chi connectivity index (χ0) is 20.6. The number of para-hydroxylation sites is 2. The minimum Gasteiger partial charge on any atom is -0.443 e. The summed E-state index contributed by atoms with van der Waals surface area (Å²) < 4.78 is 5.45. The number of oxazole rings is 1. The molecule has 0 aliphatic heterocycles. The molecule has 6 nitrogen and oxygen atoms in total. The Morgan fingerprint density at radius 2 is 2.03 bits per heavy atom. The van der Waals surface area contributed by atoms with Gasteiger partial charge in [0.15, 0.2) is 12.0 Å². The lowest BCUT2D eigenvalue weighted by Crippen LogP contribution is -2.31. The van der Waals surface area contributed by atoms with Gasteiger partial charge in [-0.05, 0) is 60.7 Å². The van der Waals surface area contributed by atoms with Gasteiger partial charge in [-0.1, -0.05) is 24.3 Å². The van der Waals surface area contributed by atoms with Crippen molar-refractivity contribution in [1.29, 1.82) is 0 Å². The molecule has 31 heavy (non-hydrogen) atoms. The van der Waals surface area contributed by atoms with Crippen LogP contribution in [0.1, 0.15) is 47.6 Å². The number of H-pyrrole nitrogens is 1. The van der Waals surface area contributed by atoms with Crippen LogP contribution in [0, 0.1) is 0 Å². The predicted molar refractivity (Wildman–Crippen MR) is 120 cm³/mol. The van der Waals surface area contributed by atoms with Crippen molar-refractivity contribution >= 4 is 22.1 Å². The fraction of sp³-hybridized carbons (Fsp3) is 0.240. The number of hydrogen-bond donors (Lipinski definition) is 2. The summed E-state index contributed by atoms with van der Waals surface area (Å²) in [5.41, 5.74) is 7.42. The van der Waals surface area contributed by atoms with Gasteiger partial charge in [0, 0.05) is 18.7 Å². The van der Waals surface area contributed by atoms with E-state index in [1.807, 2.05) is 36.5 Å². The molecule has 2 aromatic carbocycles. The van der Waals surface area contributed by atoms with Gasteiger partial charge in [0.2, 0.25) is 0 Å². The van der Waals surface area contributed by atoms with E-state index in [-0.39, 0.29) is 12.1 Å². The van der Waals surface area contributed by atoms with Crippen molar-refractivity contribution in [2.24, 2.45) is 0 Å². The van der Waals surface area contributed by atoms with Crippen LogP contribution in [0.15, 0.2) is 71.6 Å². The second kappa shape index (κ2) is 7.63. The zero-order valence-electron chi connectivity index (χ0n) is 17.1. The summed E-state index contributed by atoms with van der Waals surface area (Å²) in [5, 5.41) is 3.90. The summed E-state index contributed by atoms with van der Waals surface area (Å²) in [6.45, 7) is 0. The molecule has 0 amide bonds. The van der Waals surface area contributed by atoms with Crippen LogP contribution < -0.4 is 5.32 Å². The summed E-state index contributed by atoms with van der Waals surface area (Å²) in [4.78, 5) is 17.4. The average molecular weight is 409 g/mol. The SMILES string of the molecule is c1cnc2c(c1)CCCC2NC(Cc1nc2ccccc2[nH]1)c1ccc2ocnc2c1. The maximum atomic E-state index is 5.45. The maximum absolute atomic E-state index is 5.45. The van der Waals surface area contributed by atoms with Crippen LogP contribution >= 0.6 is 0 Å². The van der Waals surface area contributed by atoms with E-state index in [4.69, 9.17) is 14.4 Å². The van der Waals surface area contributed by atoms with Crippen LogP contribution in [0.4, 0.5) is 0 Å². The van der Waals surface area contributed by atoms with E-state index in [0.29, 0.717) is 0 Å². The third kappa shape index (κ3) is 3.49. The molecule has 5 aromatic rings. The van der Waals surface area contributed by atoms with Gasteiger partial charge in [-0.2, -0.15) is 0 Å². The molecular weight excluding hydrogens is 386 g/mol.